The molecule has 1 saturated carbocycles. The van der Waals surface area contributed by atoms with Crippen LogP contribution in [0.1, 0.15) is 24.0 Å². The van der Waals surface area contributed by atoms with Crippen molar-refractivity contribution in [3.63, 3.8) is 0 Å². The number of aryl methyl sites for hydroxylation is 1. The lowest BCUT2D eigenvalue weighted by molar-refractivity contribution is -0.123. The number of carbonyl (C=O) groups is 1. The zero-order chi connectivity index (χ0) is 14.9. The van der Waals surface area contributed by atoms with Crippen LogP contribution in [-0.4, -0.2) is 11.4 Å². The van der Waals surface area contributed by atoms with E-state index in [1.54, 1.807) is 0 Å². The summed E-state index contributed by atoms with van der Waals surface area (Å²) in [6, 6.07) is 16.7. The van der Waals surface area contributed by atoms with Crippen LogP contribution in [0.4, 0.5) is 0 Å². The molecule has 3 nitrogen and oxygen atoms in total. The molecule has 0 heterocycles. The van der Waals surface area contributed by atoms with E-state index in [9.17, 15) is 4.79 Å². The summed E-state index contributed by atoms with van der Waals surface area (Å²) in [5.74, 6) is -0.0368. The predicted molar refractivity (Wildman–Crippen MR) is 84.6 cm³/mol. The van der Waals surface area contributed by atoms with Crippen LogP contribution in [0.15, 0.2) is 48.5 Å². The first-order valence-corrected chi connectivity index (χ1v) is 7.30. The highest BCUT2D eigenvalue weighted by Gasteiger charge is 2.45. The van der Waals surface area contributed by atoms with E-state index in [0.717, 1.165) is 18.4 Å². The number of amides is 1. The van der Waals surface area contributed by atoms with Crippen LogP contribution in [0.2, 0.25) is 0 Å². The van der Waals surface area contributed by atoms with Crippen LogP contribution in [0.3, 0.4) is 0 Å². The van der Waals surface area contributed by atoms with Gasteiger partial charge in [0.15, 0.2) is 0 Å². The van der Waals surface area contributed by atoms with Gasteiger partial charge in [-0.2, -0.15) is 0 Å². The Morgan fingerprint density at radius 3 is 2.48 bits per heavy atom. The molecule has 0 radical (unpaired) electrons. The van der Waals surface area contributed by atoms with Crippen molar-refractivity contribution in [1.82, 2.24) is 5.32 Å². The number of nitrogens with one attached hydrogen (secondary N) is 1. The van der Waals surface area contributed by atoms with Gasteiger partial charge in [-0.25, -0.2) is 0 Å². The maximum atomic E-state index is 11.8. The standard InChI is InChI=1S/C18H20N2O/c1-13-3-2-4-16(11-13)15-7-5-14(6-8-15)12-20-17(21)18(19)9-10-18/h2-8,11H,9-10,12,19H2,1H3,(H,20,21). The number of benzene rings is 2. The smallest absolute Gasteiger partial charge is 0.240 e. The minimum atomic E-state index is -0.596. The van der Waals surface area contributed by atoms with E-state index in [0.29, 0.717) is 6.54 Å². The lowest BCUT2D eigenvalue weighted by Gasteiger charge is -2.10. The molecule has 3 N–H and O–H groups in total. The molecule has 0 spiro atoms. The molecule has 0 unspecified atom stereocenters. The molecule has 0 bridgehead atoms. The molecule has 0 aliphatic heterocycles. The van der Waals surface area contributed by atoms with E-state index < -0.39 is 5.54 Å². The van der Waals surface area contributed by atoms with Crippen molar-refractivity contribution in [1.29, 1.82) is 0 Å². The second kappa shape index (κ2) is 5.34. The Balaban J connectivity index is 1.65. The first-order valence-electron chi connectivity index (χ1n) is 7.30. The second-order valence-corrected chi connectivity index (χ2v) is 5.91. The normalized spacial score (nSPS) is 15.5. The minimum absolute atomic E-state index is 0.0368. The average molecular weight is 280 g/mol. The fourth-order valence-corrected chi connectivity index (χ4v) is 2.36. The quantitative estimate of drug-likeness (QED) is 0.905. The molecule has 2 aromatic rings. The maximum absolute atomic E-state index is 11.8. The van der Waals surface area contributed by atoms with Gasteiger partial charge in [0.05, 0.1) is 5.54 Å². The lowest BCUT2D eigenvalue weighted by Crippen LogP contribution is -2.42. The number of hydrogen-bond acceptors (Lipinski definition) is 2. The summed E-state index contributed by atoms with van der Waals surface area (Å²) in [4.78, 5) is 11.8. The van der Waals surface area contributed by atoms with Gasteiger partial charge in [0, 0.05) is 6.54 Å². The molecule has 3 rings (SSSR count). The molecular formula is C18H20N2O. The third kappa shape index (κ3) is 3.14. The summed E-state index contributed by atoms with van der Waals surface area (Å²) in [7, 11) is 0. The summed E-state index contributed by atoms with van der Waals surface area (Å²) in [6.07, 6.45) is 1.59. The van der Waals surface area contributed by atoms with Crippen LogP contribution in [0.5, 0.6) is 0 Å². The SMILES string of the molecule is Cc1cccc(-c2ccc(CNC(=O)C3(N)CC3)cc2)c1. The Morgan fingerprint density at radius 2 is 1.86 bits per heavy atom. The number of nitrogens with two attached hydrogens (primary N) is 1. The number of hydrogen-bond donors (Lipinski definition) is 2. The van der Waals surface area contributed by atoms with Crippen LogP contribution in [-0.2, 0) is 11.3 Å². The third-order valence-electron chi connectivity index (χ3n) is 4.00. The predicted octanol–water partition coefficient (Wildman–Crippen LogP) is 2.77. The van der Waals surface area contributed by atoms with Gasteiger partial charge in [-0.3, -0.25) is 4.79 Å². The molecular weight excluding hydrogens is 260 g/mol. The molecule has 1 aliphatic carbocycles. The average Bonchev–Trinajstić information content (AvgIpc) is 3.24. The molecule has 1 aliphatic rings. The third-order valence-corrected chi connectivity index (χ3v) is 4.00. The van der Waals surface area contributed by atoms with Gasteiger partial charge in [0.1, 0.15) is 0 Å². The van der Waals surface area contributed by atoms with E-state index in [-0.39, 0.29) is 5.91 Å². The number of rotatable bonds is 4. The topological polar surface area (TPSA) is 55.1 Å². The molecule has 0 saturated heterocycles. The Hall–Kier alpha value is -2.13. The Labute approximate surface area is 125 Å². The molecule has 108 valence electrons. The highest BCUT2D eigenvalue weighted by atomic mass is 16.2. The van der Waals surface area contributed by atoms with Crippen molar-refractivity contribution in [3.05, 3.63) is 59.7 Å². The van der Waals surface area contributed by atoms with Crippen molar-refractivity contribution >= 4 is 5.91 Å². The Kier molecular flexibility index (Phi) is 3.52. The summed E-state index contributed by atoms with van der Waals surface area (Å²) >= 11 is 0. The highest BCUT2D eigenvalue weighted by Crippen LogP contribution is 2.32. The summed E-state index contributed by atoms with van der Waals surface area (Å²) in [6.45, 7) is 2.62. The molecule has 3 heteroatoms. The molecule has 2 aromatic carbocycles. The van der Waals surface area contributed by atoms with Crippen LogP contribution >= 0.6 is 0 Å². The highest BCUT2D eigenvalue weighted by molar-refractivity contribution is 5.88. The van der Waals surface area contributed by atoms with E-state index in [2.05, 4.69) is 48.6 Å². The summed E-state index contributed by atoms with van der Waals surface area (Å²) < 4.78 is 0. The molecule has 1 fully saturated rings. The van der Waals surface area contributed by atoms with Crippen molar-refractivity contribution in [2.45, 2.75) is 31.8 Å². The largest absolute Gasteiger partial charge is 0.350 e. The van der Waals surface area contributed by atoms with Gasteiger partial charge in [-0.1, -0.05) is 54.1 Å². The molecule has 1 amide bonds. The van der Waals surface area contributed by atoms with E-state index in [1.165, 1.54) is 16.7 Å². The monoisotopic (exact) mass is 280 g/mol. The van der Waals surface area contributed by atoms with Crippen molar-refractivity contribution in [3.8, 4) is 11.1 Å². The Morgan fingerprint density at radius 1 is 1.14 bits per heavy atom. The lowest BCUT2D eigenvalue weighted by atomic mass is 10.0. The minimum Gasteiger partial charge on any atom is -0.350 e. The van der Waals surface area contributed by atoms with Gasteiger partial charge >= 0.3 is 0 Å². The fraction of sp³-hybridized carbons (Fsp3) is 0.278. The van der Waals surface area contributed by atoms with E-state index >= 15 is 0 Å². The van der Waals surface area contributed by atoms with Gasteiger partial charge in [0.2, 0.25) is 5.91 Å². The molecule has 0 aromatic heterocycles. The first-order chi connectivity index (χ1) is 10.1. The van der Waals surface area contributed by atoms with Crippen LogP contribution in [0.25, 0.3) is 11.1 Å². The van der Waals surface area contributed by atoms with E-state index in [1.807, 2.05) is 12.1 Å². The zero-order valence-corrected chi connectivity index (χ0v) is 12.2. The van der Waals surface area contributed by atoms with Crippen molar-refractivity contribution in [2.24, 2.45) is 5.73 Å². The zero-order valence-electron chi connectivity index (χ0n) is 12.2. The van der Waals surface area contributed by atoms with Gasteiger partial charge in [-0.05, 0) is 36.5 Å². The number of carbonyl (C=O) groups excluding carboxylic acids is 1. The summed E-state index contributed by atoms with van der Waals surface area (Å²) in [5.41, 5.74) is 10.00. The van der Waals surface area contributed by atoms with Gasteiger partial charge in [0.25, 0.3) is 0 Å². The van der Waals surface area contributed by atoms with Crippen molar-refractivity contribution in [2.75, 3.05) is 0 Å². The Bertz CT molecular complexity index is 657. The fourth-order valence-electron chi connectivity index (χ4n) is 2.36. The van der Waals surface area contributed by atoms with Crippen LogP contribution in [0, 0.1) is 6.92 Å². The summed E-state index contributed by atoms with van der Waals surface area (Å²) in [5, 5.41) is 2.91. The van der Waals surface area contributed by atoms with E-state index in [4.69, 9.17) is 5.73 Å². The van der Waals surface area contributed by atoms with Gasteiger partial charge < -0.3 is 11.1 Å². The van der Waals surface area contributed by atoms with Crippen LogP contribution < -0.4 is 11.1 Å². The van der Waals surface area contributed by atoms with Crippen molar-refractivity contribution < 1.29 is 4.79 Å². The first kappa shape index (κ1) is 13.8. The maximum Gasteiger partial charge on any atom is 0.240 e. The van der Waals surface area contributed by atoms with Gasteiger partial charge in [-0.15, -0.1) is 0 Å². The molecule has 21 heavy (non-hydrogen) atoms. The second-order valence-electron chi connectivity index (χ2n) is 5.91. The molecule has 0 atom stereocenters.